The summed E-state index contributed by atoms with van der Waals surface area (Å²) in [5, 5.41) is 2.06. The van der Waals surface area contributed by atoms with Crippen LogP contribution in [0.5, 0.6) is 0 Å². The molecule has 7 nitrogen and oxygen atoms in total. The molecule has 4 aromatic rings. The first-order valence-electron chi connectivity index (χ1n) is 12.7. The molecule has 3 heterocycles. The number of para-hydroxylation sites is 1. The van der Waals surface area contributed by atoms with Crippen molar-refractivity contribution in [2.75, 3.05) is 13.1 Å². The van der Waals surface area contributed by atoms with Crippen LogP contribution in [0.4, 0.5) is 0 Å². The average Bonchev–Trinajstić information content (AvgIpc) is 3.42. The molecular weight excluding hydrogens is 522 g/mol. The molecule has 3 aromatic carbocycles. The number of carbonyl (C=O) groups is 1. The van der Waals surface area contributed by atoms with Gasteiger partial charge >= 0.3 is 10.1 Å². The van der Waals surface area contributed by atoms with E-state index in [1.54, 1.807) is 12.1 Å². The van der Waals surface area contributed by atoms with Crippen molar-refractivity contribution in [2.45, 2.75) is 44.3 Å². The number of hydrogen-bond acceptors (Lipinski definition) is 5. The third-order valence-electron chi connectivity index (χ3n) is 7.28. The normalized spacial score (nSPS) is 16.0. The van der Waals surface area contributed by atoms with E-state index in [0.717, 1.165) is 58.1 Å². The highest BCUT2D eigenvalue weighted by Crippen LogP contribution is 2.37. The fourth-order valence-corrected chi connectivity index (χ4v) is 6.28. The van der Waals surface area contributed by atoms with Gasteiger partial charge in [-0.2, -0.15) is 13.5 Å². The van der Waals surface area contributed by atoms with Crippen LogP contribution in [0.3, 0.4) is 0 Å². The van der Waals surface area contributed by atoms with Gasteiger partial charge in [-0.25, -0.2) is 0 Å². The number of hydrogen-bond donors (Lipinski definition) is 0. The molecule has 2 aliphatic rings. The zero-order chi connectivity index (χ0) is 25.6. The quantitative estimate of drug-likeness (QED) is 0.305. The molecule has 0 N–H and O–H groups in total. The second kappa shape index (κ2) is 10.5. The molecule has 38 heavy (non-hydrogen) atoms. The Morgan fingerprint density at radius 1 is 0.895 bits per heavy atom. The van der Waals surface area contributed by atoms with E-state index in [-0.39, 0.29) is 23.8 Å². The first-order valence-corrected chi connectivity index (χ1v) is 14.1. The van der Waals surface area contributed by atoms with E-state index in [4.69, 9.17) is 4.28 Å². The Morgan fingerprint density at radius 2 is 1.63 bits per heavy atom. The Kier molecular flexibility index (Phi) is 7.33. The van der Waals surface area contributed by atoms with Gasteiger partial charge in [-0.3, -0.25) is 9.69 Å². The summed E-state index contributed by atoms with van der Waals surface area (Å²) in [6.07, 6.45) is 3.64. The van der Waals surface area contributed by atoms with Crippen LogP contribution in [0.25, 0.3) is 22.2 Å². The maximum Gasteiger partial charge on any atom is 0.317 e. The number of halogens is 1. The van der Waals surface area contributed by atoms with Crippen LogP contribution in [0.1, 0.15) is 40.7 Å². The number of benzene rings is 3. The molecule has 6 rings (SSSR count). The van der Waals surface area contributed by atoms with E-state index >= 15 is 0 Å². The highest BCUT2D eigenvalue weighted by Gasteiger charge is 2.35. The molecule has 1 fully saturated rings. The van der Waals surface area contributed by atoms with Crippen molar-refractivity contribution in [3.8, 4) is 11.3 Å². The maximum absolute atomic E-state index is 13.6. The lowest BCUT2D eigenvalue weighted by Gasteiger charge is -2.28. The van der Waals surface area contributed by atoms with Gasteiger partial charge in [-0.15, -0.1) is 16.7 Å². The minimum absolute atomic E-state index is 0. The lowest BCUT2D eigenvalue weighted by molar-refractivity contribution is -0.0269. The summed E-state index contributed by atoms with van der Waals surface area (Å²) in [5.74, 6) is -0.448. The minimum atomic E-state index is -4.14. The first-order chi connectivity index (χ1) is 17.9. The number of carbonyl (C=O) groups excluding carboxylic acids is 1. The van der Waals surface area contributed by atoms with Gasteiger partial charge in [0.05, 0.1) is 29.4 Å². The second-order valence-corrected chi connectivity index (χ2v) is 11.4. The number of amides is 1. The van der Waals surface area contributed by atoms with Gasteiger partial charge in [0.1, 0.15) is 0 Å². The topological polar surface area (TPSA) is 71.9 Å². The van der Waals surface area contributed by atoms with E-state index in [9.17, 15) is 13.2 Å². The Balaban J connectivity index is 0.00000294. The number of nitrogens with zero attached hydrogens (tertiary/aromatic N) is 3. The monoisotopic (exact) mass is 551 g/mol. The second-order valence-electron chi connectivity index (χ2n) is 9.86. The fraction of sp³-hybridized carbons (Fsp3) is 0.276. The zero-order valence-corrected chi connectivity index (χ0v) is 22.8. The van der Waals surface area contributed by atoms with E-state index in [1.165, 1.54) is 31.4 Å². The third-order valence-corrected chi connectivity index (χ3v) is 8.51. The Labute approximate surface area is 229 Å². The molecule has 0 aliphatic carbocycles. The molecule has 1 amide bonds. The molecule has 0 bridgehead atoms. The molecular formula is C29H30ClN3O4S. The zero-order valence-electron chi connectivity index (χ0n) is 21.2. The number of hydroxylamine groups is 2. The number of aryl methyl sites for hydroxylation is 1. The molecule has 0 atom stereocenters. The molecule has 0 unspecified atom stereocenters. The summed E-state index contributed by atoms with van der Waals surface area (Å²) in [4.78, 5) is 16.1. The van der Waals surface area contributed by atoms with Gasteiger partial charge in [-0.05, 0) is 62.7 Å². The number of likely N-dealkylation sites (tertiary alicyclic amines) is 1. The summed E-state index contributed by atoms with van der Waals surface area (Å²) in [5.41, 5.74) is 5.02. The van der Waals surface area contributed by atoms with Gasteiger partial charge in [0.15, 0.2) is 0 Å². The van der Waals surface area contributed by atoms with Crippen molar-refractivity contribution in [3.05, 3.63) is 89.5 Å². The Morgan fingerprint density at radius 3 is 2.39 bits per heavy atom. The molecule has 0 spiro atoms. The smallest absolute Gasteiger partial charge is 0.317 e. The van der Waals surface area contributed by atoms with Crippen molar-refractivity contribution in [3.63, 3.8) is 0 Å². The van der Waals surface area contributed by atoms with Gasteiger partial charge < -0.3 is 4.57 Å². The lowest BCUT2D eigenvalue weighted by Crippen LogP contribution is -2.32. The van der Waals surface area contributed by atoms with Crippen LogP contribution in [0, 0.1) is 6.92 Å². The number of aromatic nitrogens is 1. The first kappa shape index (κ1) is 26.4. The largest absolute Gasteiger partial charge is 0.327 e. The van der Waals surface area contributed by atoms with Gasteiger partial charge in [-0.1, -0.05) is 60.5 Å². The van der Waals surface area contributed by atoms with E-state index in [0.29, 0.717) is 5.56 Å². The van der Waals surface area contributed by atoms with Crippen molar-refractivity contribution < 1.29 is 17.5 Å². The van der Waals surface area contributed by atoms with Crippen LogP contribution >= 0.6 is 12.4 Å². The fourth-order valence-electron chi connectivity index (χ4n) is 5.36. The summed E-state index contributed by atoms with van der Waals surface area (Å²) >= 11 is 0. The molecule has 0 radical (unpaired) electrons. The van der Waals surface area contributed by atoms with Crippen molar-refractivity contribution in [1.29, 1.82) is 0 Å². The van der Waals surface area contributed by atoms with E-state index < -0.39 is 16.0 Å². The molecule has 2 aliphatic heterocycles. The number of rotatable bonds is 6. The summed E-state index contributed by atoms with van der Waals surface area (Å²) in [6.45, 7) is 4.79. The summed E-state index contributed by atoms with van der Waals surface area (Å²) < 4.78 is 33.5. The molecule has 1 saturated heterocycles. The van der Waals surface area contributed by atoms with Crippen LogP contribution in [-0.4, -0.2) is 41.9 Å². The minimum Gasteiger partial charge on any atom is -0.327 e. The maximum atomic E-state index is 13.6. The highest BCUT2D eigenvalue weighted by molar-refractivity contribution is 7.86. The summed E-state index contributed by atoms with van der Waals surface area (Å²) in [6, 6.07) is 22.5. The molecule has 198 valence electrons. The van der Waals surface area contributed by atoms with Gasteiger partial charge in [0, 0.05) is 16.5 Å². The van der Waals surface area contributed by atoms with Crippen LogP contribution in [0.15, 0.2) is 77.7 Å². The van der Waals surface area contributed by atoms with Gasteiger partial charge in [0.25, 0.3) is 5.91 Å². The molecule has 9 heteroatoms. The van der Waals surface area contributed by atoms with Crippen molar-refractivity contribution in [1.82, 2.24) is 14.5 Å². The predicted molar refractivity (Wildman–Crippen MR) is 149 cm³/mol. The SMILES string of the molecule is Cc1ccc(S(=O)(=O)ON2Cc3cccc(-c4cc5ccccc5n4CN4CCCCC4)c3C2=O)cc1.Cl. The van der Waals surface area contributed by atoms with Crippen LogP contribution < -0.4 is 0 Å². The van der Waals surface area contributed by atoms with E-state index in [1.807, 2.05) is 37.3 Å². The van der Waals surface area contributed by atoms with Crippen LogP contribution in [-0.2, 0) is 27.6 Å². The van der Waals surface area contributed by atoms with Gasteiger partial charge in [0.2, 0.25) is 0 Å². The molecule has 0 saturated carbocycles. The van der Waals surface area contributed by atoms with Crippen LogP contribution in [0.2, 0.25) is 0 Å². The number of fused-ring (bicyclic) bond motifs is 2. The van der Waals surface area contributed by atoms with Crippen molar-refractivity contribution in [2.24, 2.45) is 0 Å². The highest BCUT2D eigenvalue weighted by atomic mass is 35.5. The standard InChI is InChI=1S/C29H29N3O4S.ClH/c1-21-12-14-24(15-13-21)37(34,35)36-32-19-23-9-7-10-25(28(23)29(32)33)27-18-22-8-3-4-11-26(22)31(27)20-30-16-5-2-6-17-30;/h3-4,7-15,18H,2,5-6,16-17,19-20H2,1H3;1H. The average molecular weight is 552 g/mol. The molecule has 1 aromatic heterocycles. The summed E-state index contributed by atoms with van der Waals surface area (Å²) in [7, 11) is -4.14. The third kappa shape index (κ3) is 4.85. The Bertz CT molecular complexity index is 1590. The van der Waals surface area contributed by atoms with E-state index in [2.05, 4.69) is 27.7 Å². The predicted octanol–water partition coefficient (Wildman–Crippen LogP) is 5.76. The number of piperidine rings is 1. The lowest BCUT2D eigenvalue weighted by atomic mass is 10.0. The Hall–Kier alpha value is -3.17. The van der Waals surface area contributed by atoms with Crippen molar-refractivity contribution >= 4 is 39.3 Å².